The van der Waals surface area contributed by atoms with Gasteiger partial charge in [-0.05, 0) is 31.2 Å². The first kappa shape index (κ1) is 15.2. The molecule has 0 unspecified atom stereocenters. The molecule has 0 radical (unpaired) electrons. The summed E-state index contributed by atoms with van der Waals surface area (Å²) in [6, 6.07) is 15.2. The van der Waals surface area contributed by atoms with E-state index < -0.39 is 11.9 Å². The van der Waals surface area contributed by atoms with Crippen LogP contribution in [-0.4, -0.2) is 23.5 Å². The largest absolute Gasteiger partial charge is 0.494 e. The Labute approximate surface area is 139 Å². The average Bonchev–Trinajstić information content (AvgIpc) is 2.78. The quantitative estimate of drug-likeness (QED) is 0.638. The third-order valence-corrected chi connectivity index (χ3v) is 3.73. The van der Waals surface area contributed by atoms with Gasteiger partial charge in [0.1, 0.15) is 5.75 Å². The lowest BCUT2D eigenvalue weighted by molar-refractivity contribution is -0.111. The van der Waals surface area contributed by atoms with Crippen LogP contribution in [0.25, 0.3) is 0 Å². The lowest BCUT2D eigenvalue weighted by atomic mass is 10.3. The minimum atomic E-state index is -0.502. The molecule has 23 heavy (non-hydrogen) atoms. The first-order valence-electron chi connectivity index (χ1n) is 7.14. The minimum Gasteiger partial charge on any atom is -0.494 e. The summed E-state index contributed by atoms with van der Waals surface area (Å²) in [5, 5.41) is 0. The number of rotatable bonds is 4. The molecule has 0 aromatic heterocycles. The second kappa shape index (κ2) is 6.18. The fourth-order valence-electron chi connectivity index (χ4n) is 2.38. The maximum Gasteiger partial charge on any atom is 0.341 e. The Morgan fingerprint density at radius 3 is 2.35 bits per heavy atom. The molecule has 0 atom stereocenters. The summed E-state index contributed by atoms with van der Waals surface area (Å²) >= 11 is 5.18. The number of benzene rings is 2. The zero-order valence-corrected chi connectivity index (χ0v) is 13.2. The fraction of sp³-hybridized carbons (Fsp3) is 0.118. The first-order valence-corrected chi connectivity index (χ1v) is 7.54. The molecule has 0 saturated carbocycles. The van der Waals surface area contributed by atoms with Crippen LogP contribution in [0.5, 0.6) is 5.75 Å². The Morgan fingerprint density at radius 1 is 0.957 bits per heavy atom. The van der Waals surface area contributed by atoms with E-state index in [1.807, 2.05) is 13.0 Å². The van der Waals surface area contributed by atoms with Gasteiger partial charge in [0.2, 0.25) is 0 Å². The molecular weight excluding hydrogens is 312 g/mol. The summed E-state index contributed by atoms with van der Waals surface area (Å²) in [6.45, 7) is 2.38. The van der Waals surface area contributed by atoms with E-state index in [4.69, 9.17) is 17.0 Å². The van der Waals surface area contributed by atoms with Crippen molar-refractivity contribution in [1.29, 1.82) is 0 Å². The van der Waals surface area contributed by atoms with Gasteiger partial charge in [-0.1, -0.05) is 36.5 Å². The highest BCUT2D eigenvalue weighted by atomic mass is 32.1. The summed E-state index contributed by atoms with van der Waals surface area (Å²) in [4.78, 5) is 27.4. The van der Waals surface area contributed by atoms with Crippen LogP contribution < -0.4 is 14.5 Å². The zero-order valence-electron chi connectivity index (χ0n) is 12.4. The third-order valence-electron chi connectivity index (χ3n) is 3.37. The Balaban J connectivity index is 1.98. The molecule has 1 heterocycles. The predicted molar refractivity (Wildman–Crippen MR) is 92.0 cm³/mol. The molecule has 1 saturated heterocycles. The van der Waals surface area contributed by atoms with Gasteiger partial charge in [0.15, 0.2) is 4.99 Å². The van der Waals surface area contributed by atoms with Crippen molar-refractivity contribution in [2.75, 3.05) is 16.4 Å². The summed E-state index contributed by atoms with van der Waals surface area (Å²) in [7, 11) is 0. The lowest BCUT2D eigenvalue weighted by Crippen LogP contribution is -2.33. The van der Waals surface area contributed by atoms with Gasteiger partial charge in [0, 0.05) is 6.07 Å². The van der Waals surface area contributed by atoms with Gasteiger partial charge in [-0.15, -0.1) is 0 Å². The predicted octanol–water partition coefficient (Wildman–Crippen LogP) is 3.39. The molecule has 0 N–H and O–H groups in total. The normalized spacial score (nSPS) is 14.6. The van der Waals surface area contributed by atoms with Gasteiger partial charge >= 0.3 is 6.03 Å². The molecule has 3 rings (SSSR count). The maximum atomic E-state index is 12.7. The molecule has 1 aliphatic heterocycles. The number of anilines is 2. The maximum absolute atomic E-state index is 12.7. The number of carbonyl (C=O) groups excluding carboxylic acids is 2. The molecule has 3 amide bonds. The molecule has 2 aromatic carbocycles. The zero-order chi connectivity index (χ0) is 16.4. The number of carbonyl (C=O) groups is 2. The highest BCUT2D eigenvalue weighted by Gasteiger charge is 2.43. The van der Waals surface area contributed by atoms with Crippen molar-refractivity contribution >= 4 is 40.5 Å². The van der Waals surface area contributed by atoms with Crippen molar-refractivity contribution in [3.05, 3.63) is 54.6 Å². The highest BCUT2D eigenvalue weighted by Crippen LogP contribution is 2.29. The number of hydrogen-bond acceptors (Lipinski definition) is 4. The Morgan fingerprint density at radius 2 is 1.65 bits per heavy atom. The third kappa shape index (κ3) is 2.68. The second-order valence-corrected chi connectivity index (χ2v) is 5.22. The van der Waals surface area contributed by atoms with Crippen molar-refractivity contribution < 1.29 is 14.3 Å². The van der Waals surface area contributed by atoms with Crippen LogP contribution in [0, 0.1) is 0 Å². The molecular formula is C17H14N2O3S. The highest BCUT2D eigenvalue weighted by molar-refractivity contribution is 7.82. The van der Waals surface area contributed by atoms with Crippen molar-refractivity contribution in [2.24, 2.45) is 0 Å². The van der Waals surface area contributed by atoms with Gasteiger partial charge in [-0.2, -0.15) is 0 Å². The van der Waals surface area contributed by atoms with Gasteiger partial charge in [-0.25, -0.2) is 14.6 Å². The van der Waals surface area contributed by atoms with Crippen molar-refractivity contribution in [2.45, 2.75) is 6.92 Å². The van der Waals surface area contributed by atoms with E-state index in [9.17, 15) is 9.59 Å². The first-order chi connectivity index (χ1) is 11.1. The lowest BCUT2D eigenvalue weighted by Gasteiger charge is -2.17. The number of para-hydroxylation sites is 1. The monoisotopic (exact) mass is 326 g/mol. The Kier molecular flexibility index (Phi) is 4.08. The van der Waals surface area contributed by atoms with Gasteiger partial charge < -0.3 is 4.74 Å². The van der Waals surface area contributed by atoms with Crippen LogP contribution in [0.1, 0.15) is 6.92 Å². The van der Waals surface area contributed by atoms with Gasteiger partial charge in [0.25, 0.3) is 5.91 Å². The summed E-state index contributed by atoms with van der Waals surface area (Å²) in [6.07, 6.45) is 0. The molecule has 0 bridgehead atoms. The summed E-state index contributed by atoms with van der Waals surface area (Å²) in [5.74, 6) is 0.115. The van der Waals surface area contributed by atoms with E-state index in [1.165, 1.54) is 4.90 Å². The van der Waals surface area contributed by atoms with E-state index in [-0.39, 0.29) is 4.99 Å². The topological polar surface area (TPSA) is 49.9 Å². The van der Waals surface area contributed by atoms with Crippen LogP contribution in [0.3, 0.4) is 0 Å². The van der Waals surface area contributed by atoms with Crippen LogP contribution in [-0.2, 0) is 4.79 Å². The number of imide groups is 1. The fourth-order valence-corrected chi connectivity index (χ4v) is 2.65. The van der Waals surface area contributed by atoms with Crippen LogP contribution in [0.15, 0.2) is 54.6 Å². The van der Waals surface area contributed by atoms with Crippen LogP contribution in [0.4, 0.5) is 16.2 Å². The molecule has 1 fully saturated rings. The summed E-state index contributed by atoms with van der Waals surface area (Å²) < 4.78 is 5.44. The number of urea groups is 1. The molecule has 1 aliphatic rings. The van der Waals surface area contributed by atoms with E-state index in [0.29, 0.717) is 23.7 Å². The van der Waals surface area contributed by atoms with E-state index in [2.05, 4.69) is 0 Å². The number of hydrogen-bond donors (Lipinski definition) is 0. The molecule has 0 spiro atoms. The van der Waals surface area contributed by atoms with Crippen LogP contribution >= 0.6 is 12.2 Å². The van der Waals surface area contributed by atoms with E-state index >= 15 is 0 Å². The van der Waals surface area contributed by atoms with Crippen LogP contribution in [0.2, 0.25) is 0 Å². The standard InChI is InChI=1S/C17H14N2O3S/c1-2-22-14-10-6-9-13(11-14)19-16(23)15(20)18(17(19)21)12-7-4-3-5-8-12/h3-11H,2H2,1H3. The van der Waals surface area contributed by atoms with E-state index in [0.717, 1.165) is 4.90 Å². The van der Waals surface area contributed by atoms with Crippen molar-refractivity contribution in [1.82, 2.24) is 0 Å². The summed E-state index contributed by atoms with van der Waals surface area (Å²) in [5.41, 5.74) is 1.01. The number of thiocarbonyl (C=S) groups is 1. The smallest absolute Gasteiger partial charge is 0.341 e. The molecule has 116 valence electrons. The van der Waals surface area contributed by atoms with Gasteiger partial charge in [-0.3, -0.25) is 4.79 Å². The van der Waals surface area contributed by atoms with E-state index in [1.54, 1.807) is 48.5 Å². The Bertz CT molecular complexity index is 776. The minimum absolute atomic E-state index is 0.0486. The number of amides is 3. The SMILES string of the molecule is CCOc1cccc(N2C(=O)N(c3ccccc3)C(=O)C2=S)c1. The molecule has 0 aliphatic carbocycles. The van der Waals surface area contributed by atoms with Crippen molar-refractivity contribution in [3.63, 3.8) is 0 Å². The average molecular weight is 326 g/mol. The number of nitrogens with zero attached hydrogens (tertiary/aromatic N) is 2. The molecule has 5 nitrogen and oxygen atoms in total. The Hall–Kier alpha value is -2.73. The van der Waals surface area contributed by atoms with Gasteiger partial charge in [0.05, 0.1) is 18.0 Å². The molecule has 6 heteroatoms. The molecule has 2 aromatic rings. The number of ether oxygens (including phenoxy) is 1. The second-order valence-electron chi connectivity index (χ2n) is 4.83. The van der Waals surface area contributed by atoms with Crippen molar-refractivity contribution in [3.8, 4) is 5.75 Å².